The minimum atomic E-state index is -0.990. The van der Waals surface area contributed by atoms with Crippen LogP contribution in [-0.4, -0.2) is 28.5 Å². The molecule has 1 fully saturated rings. The van der Waals surface area contributed by atoms with Crippen molar-refractivity contribution in [2.24, 2.45) is 0 Å². The maximum absolute atomic E-state index is 10.3. The van der Waals surface area contributed by atoms with Crippen LogP contribution in [0.5, 0.6) is 5.88 Å². The van der Waals surface area contributed by atoms with Gasteiger partial charge in [0, 0.05) is 24.9 Å². The minimum Gasteiger partial charge on any atom is -0.472 e. The number of carboxylic acid groups (broad SMARTS) is 1. The van der Waals surface area contributed by atoms with E-state index in [4.69, 9.17) is 14.4 Å². The Bertz CT molecular complexity index is 357. The highest BCUT2D eigenvalue weighted by Gasteiger charge is 2.32. The molecular formula is C9H12N2O4. The van der Waals surface area contributed by atoms with Crippen molar-refractivity contribution < 1.29 is 19.2 Å². The molecule has 1 aromatic rings. The molecule has 1 aliphatic carbocycles. The van der Waals surface area contributed by atoms with Crippen LogP contribution in [-0.2, 0) is 0 Å². The average Bonchev–Trinajstić information content (AvgIpc) is 2.47. The van der Waals surface area contributed by atoms with E-state index in [2.05, 4.69) is 10.5 Å². The Labute approximate surface area is 86.2 Å². The molecule has 1 amide bonds. The molecule has 15 heavy (non-hydrogen) atoms. The van der Waals surface area contributed by atoms with Crippen LogP contribution in [0.2, 0.25) is 0 Å². The summed E-state index contributed by atoms with van der Waals surface area (Å²) in [6, 6.07) is 1.71. The maximum Gasteiger partial charge on any atom is 0.404 e. The summed E-state index contributed by atoms with van der Waals surface area (Å²) in [6.07, 6.45) is 0.401. The second kappa shape index (κ2) is 3.80. The van der Waals surface area contributed by atoms with Gasteiger partial charge < -0.3 is 19.7 Å². The number of hydrogen-bond donors (Lipinski definition) is 2. The van der Waals surface area contributed by atoms with Gasteiger partial charge in [-0.25, -0.2) is 4.79 Å². The summed E-state index contributed by atoms with van der Waals surface area (Å²) in [5, 5.41) is 14.5. The molecule has 0 atom stereocenters. The van der Waals surface area contributed by atoms with E-state index < -0.39 is 6.09 Å². The molecule has 0 radical (unpaired) electrons. The Hall–Kier alpha value is -1.72. The second-order valence-corrected chi connectivity index (χ2v) is 3.63. The van der Waals surface area contributed by atoms with Crippen LogP contribution in [0.3, 0.4) is 0 Å². The van der Waals surface area contributed by atoms with Crippen molar-refractivity contribution in [3.8, 4) is 5.88 Å². The highest BCUT2D eigenvalue weighted by molar-refractivity contribution is 5.65. The van der Waals surface area contributed by atoms with Gasteiger partial charge in [-0.1, -0.05) is 0 Å². The van der Waals surface area contributed by atoms with Gasteiger partial charge in [0.05, 0.1) is 0 Å². The summed E-state index contributed by atoms with van der Waals surface area (Å²) < 4.78 is 10.3. The van der Waals surface area contributed by atoms with Crippen LogP contribution in [0, 0.1) is 6.92 Å². The average molecular weight is 212 g/mol. The maximum atomic E-state index is 10.3. The van der Waals surface area contributed by atoms with Crippen LogP contribution in [0.15, 0.2) is 10.6 Å². The van der Waals surface area contributed by atoms with Gasteiger partial charge in [0.15, 0.2) is 0 Å². The normalized spacial score (nSPS) is 24.3. The van der Waals surface area contributed by atoms with E-state index in [1.54, 1.807) is 13.0 Å². The number of aromatic nitrogens is 1. The van der Waals surface area contributed by atoms with Gasteiger partial charge in [0.2, 0.25) is 0 Å². The Morgan fingerprint density at radius 2 is 2.47 bits per heavy atom. The molecule has 1 aliphatic rings. The quantitative estimate of drug-likeness (QED) is 0.785. The first-order valence-corrected chi connectivity index (χ1v) is 4.73. The Kier molecular flexibility index (Phi) is 2.49. The monoisotopic (exact) mass is 212 g/mol. The molecule has 0 bridgehead atoms. The van der Waals surface area contributed by atoms with Gasteiger partial charge in [-0.05, 0) is 12.1 Å². The molecule has 1 aromatic heterocycles. The van der Waals surface area contributed by atoms with E-state index >= 15 is 0 Å². The van der Waals surface area contributed by atoms with E-state index in [9.17, 15) is 4.79 Å². The standard InChI is InChI=1S/C9H12N2O4/c1-5-2-8(11-15-5)14-7-3-6(4-7)10-9(12)13/h2,6-7,10H,3-4H2,1H3,(H,12,13). The molecule has 0 spiro atoms. The number of aryl methyl sites for hydroxylation is 1. The van der Waals surface area contributed by atoms with E-state index in [0.29, 0.717) is 24.5 Å². The first-order valence-electron chi connectivity index (χ1n) is 4.73. The Morgan fingerprint density at radius 3 is 3.00 bits per heavy atom. The summed E-state index contributed by atoms with van der Waals surface area (Å²) in [6.45, 7) is 1.79. The van der Waals surface area contributed by atoms with E-state index in [-0.39, 0.29) is 12.1 Å². The molecule has 2 N–H and O–H groups in total. The molecule has 0 aliphatic heterocycles. The lowest BCUT2D eigenvalue weighted by atomic mass is 9.89. The molecule has 0 saturated heterocycles. The lowest BCUT2D eigenvalue weighted by molar-refractivity contribution is 0.0757. The molecule has 0 unspecified atom stereocenters. The van der Waals surface area contributed by atoms with Gasteiger partial charge in [-0.3, -0.25) is 0 Å². The highest BCUT2D eigenvalue weighted by Crippen LogP contribution is 2.25. The van der Waals surface area contributed by atoms with Gasteiger partial charge in [-0.2, -0.15) is 0 Å². The number of nitrogens with one attached hydrogen (secondary N) is 1. The summed E-state index contributed by atoms with van der Waals surface area (Å²) >= 11 is 0. The molecule has 6 nitrogen and oxygen atoms in total. The minimum absolute atomic E-state index is 0.000461. The zero-order chi connectivity index (χ0) is 10.8. The topological polar surface area (TPSA) is 84.6 Å². The third-order valence-electron chi connectivity index (χ3n) is 2.32. The van der Waals surface area contributed by atoms with E-state index in [1.807, 2.05) is 0 Å². The second-order valence-electron chi connectivity index (χ2n) is 3.63. The third-order valence-corrected chi connectivity index (χ3v) is 2.32. The molecule has 2 rings (SSSR count). The number of carbonyl (C=O) groups is 1. The molecule has 1 heterocycles. The molecule has 0 aromatic carbocycles. The van der Waals surface area contributed by atoms with E-state index in [0.717, 1.165) is 0 Å². The smallest absolute Gasteiger partial charge is 0.404 e. The third kappa shape index (κ3) is 2.39. The highest BCUT2D eigenvalue weighted by atomic mass is 16.5. The summed E-state index contributed by atoms with van der Waals surface area (Å²) in [7, 11) is 0. The van der Waals surface area contributed by atoms with Crippen LogP contribution in [0.4, 0.5) is 4.79 Å². The van der Waals surface area contributed by atoms with Crippen LogP contribution < -0.4 is 10.1 Å². The fraction of sp³-hybridized carbons (Fsp3) is 0.556. The predicted octanol–water partition coefficient (Wildman–Crippen LogP) is 1.16. The van der Waals surface area contributed by atoms with Gasteiger partial charge in [-0.15, -0.1) is 0 Å². The molecule has 1 saturated carbocycles. The SMILES string of the molecule is Cc1cc(OC2CC(NC(=O)O)C2)no1. The summed E-state index contributed by atoms with van der Waals surface area (Å²) in [5.41, 5.74) is 0. The molecular weight excluding hydrogens is 200 g/mol. The van der Waals surface area contributed by atoms with Crippen LogP contribution in [0.25, 0.3) is 0 Å². The Morgan fingerprint density at radius 1 is 1.73 bits per heavy atom. The number of nitrogens with zero attached hydrogens (tertiary/aromatic N) is 1. The number of ether oxygens (including phenoxy) is 1. The van der Waals surface area contributed by atoms with Crippen molar-refractivity contribution in [1.29, 1.82) is 0 Å². The van der Waals surface area contributed by atoms with Crippen molar-refractivity contribution in [2.45, 2.75) is 31.9 Å². The molecule has 82 valence electrons. The zero-order valence-electron chi connectivity index (χ0n) is 8.27. The predicted molar refractivity (Wildman–Crippen MR) is 49.8 cm³/mol. The fourth-order valence-electron chi connectivity index (χ4n) is 1.52. The summed E-state index contributed by atoms with van der Waals surface area (Å²) in [4.78, 5) is 10.3. The largest absolute Gasteiger partial charge is 0.472 e. The fourth-order valence-corrected chi connectivity index (χ4v) is 1.52. The first kappa shape index (κ1) is 9.82. The van der Waals surface area contributed by atoms with Crippen molar-refractivity contribution in [3.05, 3.63) is 11.8 Å². The summed E-state index contributed by atoms with van der Waals surface area (Å²) in [5.74, 6) is 1.16. The lowest BCUT2D eigenvalue weighted by Crippen LogP contribution is -2.48. The Balaban J connectivity index is 1.74. The van der Waals surface area contributed by atoms with Gasteiger partial charge in [0.25, 0.3) is 5.88 Å². The molecule has 6 heteroatoms. The van der Waals surface area contributed by atoms with Crippen molar-refractivity contribution >= 4 is 6.09 Å². The van der Waals surface area contributed by atoms with Crippen LogP contribution in [0.1, 0.15) is 18.6 Å². The van der Waals surface area contributed by atoms with Gasteiger partial charge >= 0.3 is 6.09 Å². The number of hydrogen-bond acceptors (Lipinski definition) is 4. The van der Waals surface area contributed by atoms with Gasteiger partial charge in [0.1, 0.15) is 11.9 Å². The van der Waals surface area contributed by atoms with Crippen molar-refractivity contribution in [3.63, 3.8) is 0 Å². The van der Waals surface area contributed by atoms with Crippen molar-refractivity contribution in [2.75, 3.05) is 0 Å². The number of amides is 1. The zero-order valence-corrected chi connectivity index (χ0v) is 8.27. The lowest BCUT2D eigenvalue weighted by Gasteiger charge is -2.34. The van der Waals surface area contributed by atoms with E-state index in [1.165, 1.54) is 0 Å². The van der Waals surface area contributed by atoms with Crippen LogP contribution >= 0.6 is 0 Å². The number of rotatable bonds is 3. The van der Waals surface area contributed by atoms with Crippen molar-refractivity contribution in [1.82, 2.24) is 10.5 Å². The first-order chi connectivity index (χ1) is 7.13.